The van der Waals surface area contributed by atoms with Crippen LogP contribution in [0.4, 0.5) is 4.39 Å². The lowest BCUT2D eigenvalue weighted by Gasteiger charge is -2.11. The molecule has 4 heteroatoms. The Hall–Kier alpha value is -1.13. The first-order valence-electron chi connectivity index (χ1n) is 6.53. The number of rotatable bonds is 6. The van der Waals surface area contributed by atoms with Gasteiger partial charge in [0, 0.05) is 0 Å². The van der Waals surface area contributed by atoms with Gasteiger partial charge in [-0.2, -0.15) is 0 Å². The van der Waals surface area contributed by atoms with E-state index in [2.05, 4.69) is 10.6 Å². The van der Waals surface area contributed by atoms with Crippen LogP contribution in [0.25, 0.3) is 0 Å². The maximum absolute atomic E-state index is 13.2. The largest absolute Gasteiger partial charge is 0.496 e. The van der Waals surface area contributed by atoms with Crippen LogP contribution in [-0.4, -0.2) is 33.3 Å². The van der Waals surface area contributed by atoms with Gasteiger partial charge >= 0.3 is 0 Å². The molecule has 2 rings (SSSR count). The lowest BCUT2D eigenvalue weighted by Crippen LogP contribution is -2.26. The molecule has 2 N–H and O–H groups in total. The van der Waals surface area contributed by atoms with E-state index in [1.807, 2.05) is 0 Å². The quantitative estimate of drug-likeness (QED) is 0.754. The second-order valence-electron chi connectivity index (χ2n) is 4.77. The van der Waals surface area contributed by atoms with Gasteiger partial charge < -0.3 is 15.4 Å². The SMILES string of the molecule is COc1ccc(F)cc1CCNCC1CCNC1. The molecule has 0 bridgehead atoms. The van der Waals surface area contributed by atoms with E-state index in [-0.39, 0.29) is 5.82 Å². The Morgan fingerprint density at radius 2 is 2.39 bits per heavy atom. The number of nitrogens with one attached hydrogen (secondary N) is 2. The van der Waals surface area contributed by atoms with E-state index in [9.17, 15) is 4.39 Å². The molecular formula is C14H21FN2O. The molecule has 1 aromatic rings. The second-order valence-corrected chi connectivity index (χ2v) is 4.77. The van der Waals surface area contributed by atoms with Crippen molar-refractivity contribution in [1.29, 1.82) is 0 Å². The summed E-state index contributed by atoms with van der Waals surface area (Å²) in [5, 5.41) is 6.78. The average molecular weight is 252 g/mol. The summed E-state index contributed by atoms with van der Waals surface area (Å²) in [5.41, 5.74) is 0.926. The first-order valence-corrected chi connectivity index (χ1v) is 6.53. The Morgan fingerprint density at radius 1 is 1.50 bits per heavy atom. The number of ether oxygens (including phenoxy) is 1. The van der Waals surface area contributed by atoms with E-state index in [1.165, 1.54) is 12.5 Å². The van der Waals surface area contributed by atoms with E-state index in [1.54, 1.807) is 19.2 Å². The normalized spacial score (nSPS) is 19.1. The van der Waals surface area contributed by atoms with Crippen molar-refractivity contribution in [3.8, 4) is 5.75 Å². The van der Waals surface area contributed by atoms with E-state index in [0.29, 0.717) is 0 Å². The van der Waals surface area contributed by atoms with Gasteiger partial charge in [0.1, 0.15) is 11.6 Å². The molecule has 0 amide bonds. The highest BCUT2D eigenvalue weighted by molar-refractivity contribution is 5.34. The molecule has 0 saturated carbocycles. The zero-order valence-electron chi connectivity index (χ0n) is 10.8. The van der Waals surface area contributed by atoms with Crippen LogP contribution in [0, 0.1) is 11.7 Å². The average Bonchev–Trinajstić information content (AvgIpc) is 2.88. The first-order chi connectivity index (χ1) is 8.79. The van der Waals surface area contributed by atoms with Gasteiger partial charge in [0.15, 0.2) is 0 Å². The van der Waals surface area contributed by atoms with Gasteiger partial charge in [-0.15, -0.1) is 0 Å². The van der Waals surface area contributed by atoms with Crippen LogP contribution in [-0.2, 0) is 6.42 Å². The standard InChI is InChI=1S/C14H21FN2O/c1-18-14-3-2-13(15)8-12(14)5-7-17-10-11-4-6-16-9-11/h2-3,8,11,16-17H,4-7,9-10H2,1H3. The Morgan fingerprint density at radius 3 is 3.11 bits per heavy atom. The molecule has 0 spiro atoms. The third-order valence-electron chi connectivity index (χ3n) is 3.41. The lowest BCUT2D eigenvalue weighted by molar-refractivity contribution is 0.407. The van der Waals surface area contributed by atoms with Crippen molar-refractivity contribution in [2.45, 2.75) is 12.8 Å². The Kier molecular flexibility index (Phi) is 4.96. The summed E-state index contributed by atoms with van der Waals surface area (Å²) in [4.78, 5) is 0. The summed E-state index contributed by atoms with van der Waals surface area (Å²) < 4.78 is 18.4. The van der Waals surface area contributed by atoms with Gasteiger partial charge in [0.25, 0.3) is 0 Å². The highest BCUT2D eigenvalue weighted by atomic mass is 19.1. The molecule has 0 radical (unpaired) electrons. The zero-order chi connectivity index (χ0) is 12.8. The minimum Gasteiger partial charge on any atom is -0.496 e. The molecule has 1 aliphatic rings. The molecule has 1 aliphatic heterocycles. The third kappa shape index (κ3) is 3.68. The number of hydrogen-bond donors (Lipinski definition) is 2. The molecule has 1 heterocycles. The van der Waals surface area contributed by atoms with Crippen LogP contribution in [0.15, 0.2) is 18.2 Å². The van der Waals surface area contributed by atoms with Gasteiger partial charge in [-0.3, -0.25) is 0 Å². The highest BCUT2D eigenvalue weighted by Gasteiger charge is 2.13. The van der Waals surface area contributed by atoms with Crippen molar-refractivity contribution in [2.75, 3.05) is 33.3 Å². The number of methoxy groups -OCH3 is 1. The third-order valence-corrected chi connectivity index (χ3v) is 3.41. The second kappa shape index (κ2) is 6.71. The van der Waals surface area contributed by atoms with Crippen molar-refractivity contribution in [3.05, 3.63) is 29.6 Å². The van der Waals surface area contributed by atoms with E-state index < -0.39 is 0 Å². The summed E-state index contributed by atoms with van der Waals surface area (Å²) in [5.74, 6) is 1.30. The topological polar surface area (TPSA) is 33.3 Å². The van der Waals surface area contributed by atoms with Crippen LogP contribution in [0.1, 0.15) is 12.0 Å². The van der Waals surface area contributed by atoms with Gasteiger partial charge in [0.2, 0.25) is 0 Å². The fraction of sp³-hybridized carbons (Fsp3) is 0.571. The van der Waals surface area contributed by atoms with Crippen molar-refractivity contribution in [2.24, 2.45) is 5.92 Å². The first kappa shape index (κ1) is 13.3. The minimum atomic E-state index is -0.203. The van der Waals surface area contributed by atoms with E-state index in [0.717, 1.165) is 49.8 Å². The molecule has 1 unspecified atom stereocenters. The number of hydrogen-bond acceptors (Lipinski definition) is 3. The van der Waals surface area contributed by atoms with Crippen molar-refractivity contribution >= 4 is 0 Å². The molecule has 3 nitrogen and oxygen atoms in total. The molecule has 18 heavy (non-hydrogen) atoms. The summed E-state index contributed by atoms with van der Waals surface area (Å²) in [6.45, 7) is 4.13. The molecule has 1 atom stereocenters. The van der Waals surface area contributed by atoms with Gasteiger partial charge in [-0.05, 0) is 68.7 Å². The zero-order valence-corrected chi connectivity index (χ0v) is 10.8. The summed E-state index contributed by atoms with van der Waals surface area (Å²) >= 11 is 0. The Labute approximate surface area is 108 Å². The van der Waals surface area contributed by atoms with Gasteiger partial charge in [-0.1, -0.05) is 0 Å². The smallest absolute Gasteiger partial charge is 0.123 e. The predicted molar refractivity (Wildman–Crippen MR) is 70.5 cm³/mol. The summed E-state index contributed by atoms with van der Waals surface area (Å²) in [6.07, 6.45) is 2.04. The molecule has 1 saturated heterocycles. The number of halogens is 1. The maximum Gasteiger partial charge on any atom is 0.123 e. The van der Waals surface area contributed by atoms with Crippen molar-refractivity contribution in [3.63, 3.8) is 0 Å². The van der Waals surface area contributed by atoms with Crippen LogP contribution < -0.4 is 15.4 Å². The van der Waals surface area contributed by atoms with Gasteiger partial charge in [0.05, 0.1) is 7.11 Å². The van der Waals surface area contributed by atoms with E-state index in [4.69, 9.17) is 4.74 Å². The van der Waals surface area contributed by atoms with Crippen LogP contribution >= 0.6 is 0 Å². The molecule has 1 aromatic carbocycles. The molecule has 1 fully saturated rings. The Bertz CT molecular complexity index is 378. The molecule has 100 valence electrons. The fourth-order valence-electron chi connectivity index (χ4n) is 2.36. The summed E-state index contributed by atoms with van der Waals surface area (Å²) in [6, 6.07) is 4.67. The van der Waals surface area contributed by atoms with Crippen LogP contribution in [0.2, 0.25) is 0 Å². The van der Waals surface area contributed by atoms with Crippen LogP contribution in [0.3, 0.4) is 0 Å². The number of benzene rings is 1. The monoisotopic (exact) mass is 252 g/mol. The maximum atomic E-state index is 13.2. The predicted octanol–water partition coefficient (Wildman–Crippen LogP) is 1.58. The van der Waals surface area contributed by atoms with E-state index >= 15 is 0 Å². The van der Waals surface area contributed by atoms with Crippen molar-refractivity contribution < 1.29 is 9.13 Å². The highest BCUT2D eigenvalue weighted by Crippen LogP contribution is 2.19. The van der Waals surface area contributed by atoms with Crippen molar-refractivity contribution in [1.82, 2.24) is 10.6 Å². The Balaban J connectivity index is 1.76. The van der Waals surface area contributed by atoms with Gasteiger partial charge in [-0.25, -0.2) is 4.39 Å². The fourth-order valence-corrected chi connectivity index (χ4v) is 2.36. The summed E-state index contributed by atoms with van der Waals surface area (Å²) in [7, 11) is 1.62. The lowest BCUT2D eigenvalue weighted by atomic mass is 10.1. The molecular weight excluding hydrogens is 231 g/mol. The molecule has 0 aliphatic carbocycles. The van der Waals surface area contributed by atoms with Crippen LogP contribution in [0.5, 0.6) is 5.75 Å². The molecule has 0 aromatic heterocycles. The minimum absolute atomic E-state index is 0.203.